The lowest BCUT2D eigenvalue weighted by molar-refractivity contribution is -0.384. The largest absolute Gasteiger partial charge is 0.347 e. The van der Waals surface area contributed by atoms with E-state index in [4.69, 9.17) is 0 Å². The fourth-order valence-corrected chi connectivity index (χ4v) is 1.67. The van der Waals surface area contributed by atoms with Gasteiger partial charge in [-0.15, -0.1) is 0 Å². The van der Waals surface area contributed by atoms with Crippen LogP contribution < -0.4 is 10.6 Å². The van der Waals surface area contributed by atoms with Crippen LogP contribution in [-0.4, -0.2) is 30.0 Å². The summed E-state index contributed by atoms with van der Waals surface area (Å²) in [6, 6.07) is 4.42. The molecule has 0 atom stereocenters. The van der Waals surface area contributed by atoms with Crippen molar-refractivity contribution in [2.24, 2.45) is 0 Å². The molecule has 0 aromatic heterocycles. The van der Waals surface area contributed by atoms with Gasteiger partial charge in [-0.2, -0.15) is 0 Å². The smallest absolute Gasteiger partial charge is 0.269 e. The van der Waals surface area contributed by atoms with Crippen LogP contribution in [0.25, 0.3) is 0 Å². The molecule has 0 spiro atoms. The molecule has 1 aliphatic rings. The van der Waals surface area contributed by atoms with Crippen LogP contribution in [-0.2, 0) is 0 Å². The number of amides is 1. The van der Waals surface area contributed by atoms with Crippen molar-refractivity contribution in [3.8, 4) is 0 Å². The SMILES string of the molecule is Cc1cc([N+](=O)[O-])ccc1C(=O)NC1CNC1. The zero-order chi connectivity index (χ0) is 12.4. The van der Waals surface area contributed by atoms with Crippen LogP contribution in [0, 0.1) is 17.0 Å². The molecule has 1 aliphatic heterocycles. The van der Waals surface area contributed by atoms with E-state index in [9.17, 15) is 14.9 Å². The summed E-state index contributed by atoms with van der Waals surface area (Å²) < 4.78 is 0. The van der Waals surface area contributed by atoms with Gasteiger partial charge in [0.1, 0.15) is 0 Å². The maximum atomic E-state index is 11.8. The van der Waals surface area contributed by atoms with Gasteiger partial charge < -0.3 is 10.6 Å². The van der Waals surface area contributed by atoms with Gasteiger partial charge in [0.25, 0.3) is 11.6 Å². The van der Waals surface area contributed by atoms with E-state index >= 15 is 0 Å². The summed E-state index contributed by atoms with van der Waals surface area (Å²) in [5, 5.41) is 16.5. The predicted octanol–water partition coefficient (Wildman–Crippen LogP) is 0.605. The molecule has 1 heterocycles. The van der Waals surface area contributed by atoms with Crippen LogP contribution in [0.15, 0.2) is 18.2 Å². The molecule has 2 N–H and O–H groups in total. The minimum absolute atomic E-state index is 0.00404. The fraction of sp³-hybridized carbons (Fsp3) is 0.364. The second-order valence-electron chi connectivity index (χ2n) is 4.08. The molecule has 0 bridgehead atoms. The Bertz CT molecular complexity index is 469. The maximum Gasteiger partial charge on any atom is 0.269 e. The highest BCUT2D eigenvalue weighted by Gasteiger charge is 2.21. The number of hydrogen-bond acceptors (Lipinski definition) is 4. The zero-order valence-corrected chi connectivity index (χ0v) is 9.40. The van der Waals surface area contributed by atoms with Gasteiger partial charge in [0.2, 0.25) is 0 Å². The number of carbonyl (C=O) groups excluding carboxylic acids is 1. The molecule has 0 radical (unpaired) electrons. The lowest BCUT2D eigenvalue weighted by atomic mass is 10.1. The number of aryl methyl sites for hydroxylation is 1. The van der Waals surface area contributed by atoms with E-state index < -0.39 is 4.92 Å². The molecule has 0 unspecified atom stereocenters. The molecule has 1 aromatic rings. The minimum Gasteiger partial charge on any atom is -0.347 e. The number of hydrogen-bond donors (Lipinski definition) is 2. The Hall–Kier alpha value is -1.95. The monoisotopic (exact) mass is 235 g/mol. The Morgan fingerprint density at radius 2 is 2.24 bits per heavy atom. The lowest BCUT2D eigenvalue weighted by Gasteiger charge is -2.28. The van der Waals surface area contributed by atoms with E-state index in [1.807, 2.05) is 0 Å². The molecule has 0 aliphatic carbocycles. The average molecular weight is 235 g/mol. The second-order valence-corrected chi connectivity index (χ2v) is 4.08. The Labute approximate surface area is 98.2 Å². The molecule has 1 amide bonds. The molecular formula is C11H13N3O3. The van der Waals surface area contributed by atoms with Crippen molar-refractivity contribution in [3.63, 3.8) is 0 Å². The zero-order valence-electron chi connectivity index (χ0n) is 9.40. The third-order valence-corrected chi connectivity index (χ3v) is 2.78. The van der Waals surface area contributed by atoms with E-state index in [1.54, 1.807) is 6.92 Å². The average Bonchev–Trinajstić information content (AvgIpc) is 2.22. The van der Waals surface area contributed by atoms with Gasteiger partial charge in [-0.25, -0.2) is 0 Å². The summed E-state index contributed by atoms with van der Waals surface area (Å²) in [6.07, 6.45) is 0. The first kappa shape index (κ1) is 11.5. The van der Waals surface area contributed by atoms with Crippen molar-refractivity contribution in [2.45, 2.75) is 13.0 Å². The highest BCUT2D eigenvalue weighted by atomic mass is 16.6. The first-order valence-electron chi connectivity index (χ1n) is 5.34. The van der Waals surface area contributed by atoms with Gasteiger partial charge in [-0.3, -0.25) is 14.9 Å². The maximum absolute atomic E-state index is 11.8. The molecule has 0 saturated carbocycles. The van der Waals surface area contributed by atoms with E-state index in [1.165, 1.54) is 18.2 Å². The second kappa shape index (κ2) is 4.50. The summed E-state index contributed by atoms with van der Waals surface area (Å²) in [5.74, 6) is -0.177. The predicted molar refractivity (Wildman–Crippen MR) is 62.0 cm³/mol. The lowest BCUT2D eigenvalue weighted by Crippen LogP contribution is -2.57. The molecular weight excluding hydrogens is 222 g/mol. The molecule has 2 rings (SSSR count). The number of non-ortho nitro benzene ring substituents is 1. The third-order valence-electron chi connectivity index (χ3n) is 2.78. The van der Waals surface area contributed by atoms with E-state index in [-0.39, 0.29) is 17.6 Å². The molecule has 17 heavy (non-hydrogen) atoms. The van der Waals surface area contributed by atoms with Crippen LogP contribution >= 0.6 is 0 Å². The van der Waals surface area contributed by atoms with Gasteiger partial charge in [0.05, 0.1) is 11.0 Å². The van der Waals surface area contributed by atoms with Gasteiger partial charge >= 0.3 is 0 Å². The minimum atomic E-state index is -0.468. The standard InChI is InChI=1S/C11H13N3O3/c1-7-4-9(14(16)17)2-3-10(7)11(15)13-8-5-12-6-8/h2-4,8,12H,5-6H2,1H3,(H,13,15). The molecule has 1 aromatic carbocycles. The summed E-state index contributed by atoms with van der Waals surface area (Å²) in [4.78, 5) is 21.9. The molecule has 6 nitrogen and oxygen atoms in total. The van der Waals surface area contributed by atoms with Crippen molar-refractivity contribution < 1.29 is 9.72 Å². The fourth-order valence-electron chi connectivity index (χ4n) is 1.67. The van der Waals surface area contributed by atoms with Crippen LogP contribution in [0.1, 0.15) is 15.9 Å². The number of nitro groups is 1. The van der Waals surface area contributed by atoms with Crippen molar-refractivity contribution in [1.82, 2.24) is 10.6 Å². The summed E-state index contributed by atoms with van der Waals surface area (Å²) in [5.41, 5.74) is 1.11. The summed E-state index contributed by atoms with van der Waals surface area (Å²) in [7, 11) is 0. The molecule has 1 fully saturated rings. The Balaban J connectivity index is 2.14. The van der Waals surface area contributed by atoms with Crippen LogP contribution in [0.3, 0.4) is 0 Å². The number of rotatable bonds is 3. The molecule has 90 valence electrons. The first-order valence-corrected chi connectivity index (χ1v) is 5.34. The van der Waals surface area contributed by atoms with Gasteiger partial charge in [-0.05, 0) is 18.6 Å². The number of nitrogens with one attached hydrogen (secondary N) is 2. The quantitative estimate of drug-likeness (QED) is 0.593. The van der Waals surface area contributed by atoms with Crippen LogP contribution in [0.5, 0.6) is 0 Å². The van der Waals surface area contributed by atoms with Crippen molar-refractivity contribution in [2.75, 3.05) is 13.1 Å². The summed E-state index contributed by atoms with van der Waals surface area (Å²) in [6.45, 7) is 3.25. The number of carbonyl (C=O) groups is 1. The van der Waals surface area contributed by atoms with Crippen LogP contribution in [0.2, 0.25) is 0 Å². The van der Waals surface area contributed by atoms with E-state index in [2.05, 4.69) is 10.6 Å². The molecule has 1 saturated heterocycles. The van der Waals surface area contributed by atoms with Crippen LogP contribution in [0.4, 0.5) is 5.69 Å². The highest BCUT2D eigenvalue weighted by Crippen LogP contribution is 2.17. The van der Waals surface area contributed by atoms with E-state index in [0.717, 1.165) is 13.1 Å². The molecule has 6 heteroatoms. The van der Waals surface area contributed by atoms with Gasteiger partial charge in [0.15, 0.2) is 0 Å². The Kier molecular flexibility index (Phi) is 3.06. The van der Waals surface area contributed by atoms with Crippen molar-refractivity contribution >= 4 is 11.6 Å². The topological polar surface area (TPSA) is 84.3 Å². The highest BCUT2D eigenvalue weighted by molar-refractivity contribution is 5.96. The Morgan fingerprint density at radius 1 is 1.53 bits per heavy atom. The number of nitro benzene ring substituents is 1. The first-order chi connectivity index (χ1) is 8.08. The van der Waals surface area contributed by atoms with E-state index in [0.29, 0.717) is 11.1 Å². The summed E-state index contributed by atoms with van der Waals surface area (Å²) >= 11 is 0. The van der Waals surface area contributed by atoms with Crippen molar-refractivity contribution in [1.29, 1.82) is 0 Å². The number of benzene rings is 1. The number of nitrogens with zero attached hydrogens (tertiary/aromatic N) is 1. The van der Waals surface area contributed by atoms with Gasteiger partial charge in [-0.1, -0.05) is 0 Å². The Morgan fingerprint density at radius 3 is 2.71 bits per heavy atom. The van der Waals surface area contributed by atoms with Gasteiger partial charge in [0, 0.05) is 30.8 Å². The van der Waals surface area contributed by atoms with Crippen molar-refractivity contribution in [3.05, 3.63) is 39.4 Å². The normalized spacial score (nSPS) is 15.1. The third kappa shape index (κ3) is 2.42.